The quantitative estimate of drug-likeness (QED) is 0.393. The van der Waals surface area contributed by atoms with Gasteiger partial charge >= 0.3 is 0 Å². The predicted molar refractivity (Wildman–Crippen MR) is 26.6 cm³/mol. The van der Waals surface area contributed by atoms with Gasteiger partial charge in [0.05, 0.1) is 6.10 Å². The van der Waals surface area contributed by atoms with Crippen molar-refractivity contribution in [3.8, 4) is 0 Å². The smallest absolute Gasteiger partial charge is 0.248 e. The van der Waals surface area contributed by atoms with Gasteiger partial charge in [0.25, 0.3) is 0 Å². The van der Waals surface area contributed by atoms with Crippen molar-refractivity contribution in [3.63, 3.8) is 0 Å². The lowest BCUT2D eigenvalue weighted by atomic mass is 10.2. The largest absolute Gasteiger partial charge is 0.390 e. The highest BCUT2D eigenvalue weighted by Crippen LogP contribution is 1.87. The molecular formula is C4H8NO3. The predicted octanol–water partition coefficient (Wildman–Crippen LogP) is -1.97. The summed E-state index contributed by atoms with van der Waals surface area (Å²) in [4.78, 5) is 9.91. The molecule has 0 bridgehead atoms. The van der Waals surface area contributed by atoms with Crippen LogP contribution in [-0.4, -0.2) is 28.3 Å². The molecule has 0 heterocycles. The van der Waals surface area contributed by atoms with Crippen LogP contribution in [0.3, 0.4) is 0 Å². The molecule has 4 nitrogen and oxygen atoms in total. The maximum absolute atomic E-state index is 9.91. The second kappa shape index (κ2) is 2.64. The number of nitrogens with two attached hydrogens (primary N) is 1. The fourth-order valence-corrected chi connectivity index (χ4v) is 0.190. The zero-order chi connectivity index (χ0) is 6.73. The van der Waals surface area contributed by atoms with Gasteiger partial charge in [-0.2, -0.15) is 0 Å². The molecule has 0 unspecified atom stereocenters. The molecule has 0 aromatic rings. The van der Waals surface area contributed by atoms with Crippen molar-refractivity contribution in [2.75, 3.05) is 0 Å². The summed E-state index contributed by atoms with van der Waals surface area (Å²) < 4.78 is 0. The first-order valence-corrected chi connectivity index (χ1v) is 2.04. The lowest BCUT2D eigenvalue weighted by Crippen LogP contribution is -2.37. The molecule has 0 aromatic carbocycles. The third-order valence-corrected chi connectivity index (χ3v) is 0.656. The van der Waals surface area contributed by atoms with Crippen molar-refractivity contribution in [2.45, 2.75) is 12.2 Å². The molecule has 0 rings (SSSR count). The van der Waals surface area contributed by atoms with Gasteiger partial charge in [-0.05, 0) is 6.92 Å². The van der Waals surface area contributed by atoms with Crippen molar-refractivity contribution in [2.24, 2.45) is 5.73 Å². The third-order valence-electron chi connectivity index (χ3n) is 0.656. The topological polar surface area (TPSA) is 83.6 Å². The van der Waals surface area contributed by atoms with Crippen LogP contribution in [0, 0.1) is 6.92 Å². The minimum absolute atomic E-state index is 0.965. The van der Waals surface area contributed by atoms with E-state index in [2.05, 4.69) is 12.7 Å². The first-order valence-electron chi connectivity index (χ1n) is 2.04. The molecule has 47 valence electrons. The molecule has 4 heteroatoms. The molecule has 1 radical (unpaired) electrons. The van der Waals surface area contributed by atoms with Gasteiger partial charge in [-0.15, -0.1) is 0 Å². The van der Waals surface area contributed by atoms with E-state index in [1.165, 1.54) is 0 Å². The fraction of sp³-hybridized carbons (Fsp3) is 0.500. The van der Waals surface area contributed by atoms with Crippen LogP contribution >= 0.6 is 0 Å². The Labute approximate surface area is 46.9 Å². The maximum Gasteiger partial charge on any atom is 0.248 e. The Kier molecular flexibility index (Phi) is 2.44. The maximum atomic E-state index is 9.91. The van der Waals surface area contributed by atoms with Gasteiger partial charge in [-0.25, -0.2) is 0 Å². The number of primary amides is 1. The Morgan fingerprint density at radius 3 is 2.00 bits per heavy atom. The Morgan fingerprint density at radius 2 is 2.00 bits per heavy atom. The molecule has 0 saturated heterocycles. The van der Waals surface area contributed by atoms with Crippen molar-refractivity contribution >= 4 is 5.91 Å². The van der Waals surface area contributed by atoms with Crippen LogP contribution in [0.15, 0.2) is 0 Å². The van der Waals surface area contributed by atoms with E-state index in [1.54, 1.807) is 0 Å². The summed E-state index contributed by atoms with van der Waals surface area (Å²) in [5.41, 5.74) is 4.55. The van der Waals surface area contributed by atoms with Crippen molar-refractivity contribution in [3.05, 3.63) is 6.92 Å². The van der Waals surface area contributed by atoms with Crippen LogP contribution < -0.4 is 5.73 Å². The normalized spacial score (nSPS) is 17.4. The Hall–Kier alpha value is -0.610. The van der Waals surface area contributed by atoms with Crippen molar-refractivity contribution < 1.29 is 15.0 Å². The highest BCUT2D eigenvalue weighted by atomic mass is 16.3. The number of aliphatic hydroxyl groups is 2. The van der Waals surface area contributed by atoms with Crippen molar-refractivity contribution in [1.82, 2.24) is 0 Å². The van der Waals surface area contributed by atoms with Crippen LogP contribution in [0.4, 0.5) is 0 Å². The zero-order valence-corrected chi connectivity index (χ0v) is 4.24. The molecule has 1 amide bonds. The van der Waals surface area contributed by atoms with Gasteiger partial charge < -0.3 is 15.9 Å². The molecule has 2 atom stereocenters. The molecule has 0 aliphatic rings. The van der Waals surface area contributed by atoms with E-state index in [-0.39, 0.29) is 0 Å². The van der Waals surface area contributed by atoms with E-state index < -0.39 is 18.1 Å². The number of hydrogen-bond donors (Lipinski definition) is 3. The van der Waals surface area contributed by atoms with Gasteiger partial charge in [0.2, 0.25) is 5.91 Å². The van der Waals surface area contributed by atoms with E-state index in [0.717, 1.165) is 0 Å². The molecule has 0 spiro atoms. The average molecular weight is 118 g/mol. The average Bonchev–Trinajstić information content (AvgIpc) is 1.64. The second-order valence-corrected chi connectivity index (χ2v) is 1.41. The third kappa shape index (κ3) is 1.90. The van der Waals surface area contributed by atoms with E-state index in [9.17, 15) is 4.79 Å². The standard InChI is InChI=1S/C4H8NO3/c1-2(6)3(7)4(5)8/h2-3,6-7H,1H2,(H2,5,8)/t2-,3+/m1/s1. The molecular weight excluding hydrogens is 110 g/mol. The first-order chi connectivity index (χ1) is 3.55. The molecule has 0 aliphatic carbocycles. The van der Waals surface area contributed by atoms with Gasteiger partial charge in [0, 0.05) is 0 Å². The number of aliphatic hydroxyl groups excluding tert-OH is 2. The number of rotatable bonds is 2. The number of carbonyl (C=O) groups excluding carboxylic acids is 1. The fourth-order valence-electron chi connectivity index (χ4n) is 0.190. The molecule has 0 aromatic heterocycles. The van der Waals surface area contributed by atoms with E-state index >= 15 is 0 Å². The molecule has 0 aliphatic heterocycles. The summed E-state index contributed by atoms with van der Waals surface area (Å²) in [5, 5.41) is 16.7. The second-order valence-electron chi connectivity index (χ2n) is 1.41. The van der Waals surface area contributed by atoms with Gasteiger partial charge in [-0.1, -0.05) is 0 Å². The highest BCUT2D eigenvalue weighted by Gasteiger charge is 2.15. The molecule has 8 heavy (non-hydrogen) atoms. The minimum Gasteiger partial charge on any atom is -0.390 e. The Morgan fingerprint density at radius 1 is 1.62 bits per heavy atom. The zero-order valence-electron chi connectivity index (χ0n) is 4.24. The molecule has 0 fully saturated rings. The SMILES string of the molecule is [CH2][C@@H](O)[C@H](O)C(N)=O. The minimum atomic E-state index is -1.55. The van der Waals surface area contributed by atoms with Crippen LogP contribution in [0.5, 0.6) is 0 Å². The molecule has 0 saturated carbocycles. The van der Waals surface area contributed by atoms with E-state index in [4.69, 9.17) is 10.2 Å². The summed E-state index contributed by atoms with van der Waals surface area (Å²) in [6, 6.07) is 0. The van der Waals surface area contributed by atoms with Gasteiger partial charge in [0.15, 0.2) is 6.10 Å². The summed E-state index contributed by atoms with van der Waals surface area (Å²) in [7, 11) is 0. The van der Waals surface area contributed by atoms with Gasteiger partial charge in [0.1, 0.15) is 0 Å². The number of hydrogen-bond acceptors (Lipinski definition) is 3. The number of carbonyl (C=O) groups is 1. The van der Waals surface area contributed by atoms with Crippen LogP contribution in [0.25, 0.3) is 0 Å². The van der Waals surface area contributed by atoms with Crippen LogP contribution in [-0.2, 0) is 4.79 Å². The Balaban J connectivity index is 3.64. The lowest BCUT2D eigenvalue weighted by Gasteiger charge is -2.06. The monoisotopic (exact) mass is 118 g/mol. The first kappa shape index (κ1) is 7.39. The highest BCUT2D eigenvalue weighted by molar-refractivity contribution is 5.79. The summed E-state index contributed by atoms with van der Waals surface area (Å²) in [6.07, 6.45) is -2.87. The summed E-state index contributed by atoms with van der Waals surface area (Å²) >= 11 is 0. The lowest BCUT2D eigenvalue weighted by molar-refractivity contribution is -0.130. The van der Waals surface area contributed by atoms with Gasteiger partial charge in [-0.3, -0.25) is 4.79 Å². The molecule has 4 N–H and O–H groups in total. The van der Waals surface area contributed by atoms with E-state index in [1.807, 2.05) is 0 Å². The summed E-state index contributed by atoms with van der Waals surface area (Å²) in [6.45, 7) is 2.96. The van der Waals surface area contributed by atoms with Crippen LogP contribution in [0.1, 0.15) is 0 Å². The number of amides is 1. The van der Waals surface area contributed by atoms with Crippen molar-refractivity contribution in [1.29, 1.82) is 0 Å². The Bertz CT molecular complexity index is 91.3. The van der Waals surface area contributed by atoms with Crippen LogP contribution in [0.2, 0.25) is 0 Å². The van der Waals surface area contributed by atoms with E-state index in [0.29, 0.717) is 0 Å². The summed E-state index contributed by atoms with van der Waals surface area (Å²) in [5.74, 6) is -0.965.